The van der Waals surface area contributed by atoms with Crippen LogP contribution < -0.4 is 0 Å². The molecule has 0 radical (unpaired) electrons. The zero-order valence-corrected chi connectivity index (χ0v) is 10.6. The number of carboxylic acids is 1. The van der Waals surface area contributed by atoms with Crippen molar-refractivity contribution >= 4 is 11.9 Å². The quantitative estimate of drug-likeness (QED) is 0.869. The molecule has 1 aliphatic rings. The molecule has 1 heterocycles. The lowest BCUT2D eigenvalue weighted by molar-refractivity contribution is 0.0387. The fourth-order valence-electron chi connectivity index (χ4n) is 2.48. The first-order chi connectivity index (χ1) is 9.66. The van der Waals surface area contributed by atoms with Gasteiger partial charge in [-0.1, -0.05) is 36.4 Å². The molecule has 0 unspecified atom stereocenters. The van der Waals surface area contributed by atoms with Gasteiger partial charge in [-0.2, -0.15) is 0 Å². The number of esters is 1. The van der Waals surface area contributed by atoms with E-state index in [1.165, 1.54) is 0 Å². The molecule has 0 fully saturated rings. The third kappa shape index (κ3) is 2.05. The Kier molecular flexibility index (Phi) is 2.99. The molecule has 4 nitrogen and oxygen atoms in total. The summed E-state index contributed by atoms with van der Waals surface area (Å²) in [7, 11) is 0. The van der Waals surface area contributed by atoms with E-state index in [4.69, 9.17) is 4.74 Å². The van der Waals surface area contributed by atoms with Crippen molar-refractivity contribution in [2.75, 3.05) is 0 Å². The van der Waals surface area contributed by atoms with Crippen LogP contribution in [0.25, 0.3) is 0 Å². The summed E-state index contributed by atoms with van der Waals surface area (Å²) < 4.78 is 5.34. The summed E-state index contributed by atoms with van der Waals surface area (Å²) >= 11 is 0. The Balaban J connectivity index is 1.94. The van der Waals surface area contributed by atoms with E-state index in [9.17, 15) is 14.7 Å². The van der Waals surface area contributed by atoms with Gasteiger partial charge in [-0.05, 0) is 17.7 Å². The maximum Gasteiger partial charge on any atom is 0.339 e. The van der Waals surface area contributed by atoms with E-state index in [0.29, 0.717) is 17.5 Å². The van der Waals surface area contributed by atoms with Crippen LogP contribution in [0.1, 0.15) is 37.9 Å². The number of aromatic carboxylic acids is 1. The third-order valence-electron chi connectivity index (χ3n) is 3.43. The second kappa shape index (κ2) is 4.81. The summed E-state index contributed by atoms with van der Waals surface area (Å²) in [5.74, 6) is -1.32. The summed E-state index contributed by atoms with van der Waals surface area (Å²) in [6.07, 6.45) is -0.0511. The average Bonchev–Trinajstić information content (AvgIpc) is 2.76. The molecule has 0 aliphatic carbocycles. The number of benzene rings is 2. The number of carboxylic acid groups (broad SMARTS) is 1. The molecule has 1 N–H and O–H groups in total. The van der Waals surface area contributed by atoms with Crippen LogP contribution in [0.2, 0.25) is 0 Å². The van der Waals surface area contributed by atoms with Crippen LogP contribution >= 0.6 is 0 Å². The van der Waals surface area contributed by atoms with Gasteiger partial charge in [0.2, 0.25) is 0 Å². The zero-order chi connectivity index (χ0) is 14.1. The molecule has 0 bridgehead atoms. The molecule has 0 saturated carbocycles. The van der Waals surface area contributed by atoms with Crippen molar-refractivity contribution in [3.63, 3.8) is 0 Å². The van der Waals surface area contributed by atoms with E-state index in [0.717, 1.165) is 5.56 Å². The topological polar surface area (TPSA) is 63.6 Å². The van der Waals surface area contributed by atoms with Crippen LogP contribution in [-0.2, 0) is 11.2 Å². The number of hydrogen-bond donors (Lipinski definition) is 1. The minimum Gasteiger partial charge on any atom is -0.478 e. The molecule has 3 rings (SSSR count). The second-order valence-corrected chi connectivity index (χ2v) is 4.65. The van der Waals surface area contributed by atoms with Gasteiger partial charge >= 0.3 is 11.9 Å². The molecular weight excluding hydrogens is 256 g/mol. The van der Waals surface area contributed by atoms with E-state index in [-0.39, 0.29) is 11.5 Å². The highest BCUT2D eigenvalue weighted by Gasteiger charge is 2.31. The fraction of sp³-hybridized carbons (Fsp3) is 0.125. The summed E-state index contributed by atoms with van der Waals surface area (Å²) in [5.41, 5.74) is 2.28. The van der Waals surface area contributed by atoms with Crippen LogP contribution in [-0.4, -0.2) is 17.0 Å². The molecular formula is C16H12O4. The molecule has 100 valence electrons. The maximum absolute atomic E-state index is 11.7. The Morgan fingerprint density at radius 2 is 1.80 bits per heavy atom. The SMILES string of the molecule is O=C(O)c1ccccc1C[C@H]1OC(=O)c2ccccc21. The van der Waals surface area contributed by atoms with E-state index < -0.39 is 12.1 Å². The van der Waals surface area contributed by atoms with Gasteiger partial charge in [0.25, 0.3) is 0 Å². The number of carbonyl (C=O) groups excluding carboxylic acids is 1. The number of rotatable bonds is 3. The predicted octanol–water partition coefficient (Wildman–Crippen LogP) is 2.84. The predicted molar refractivity (Wildman–Crippen MR) is 71.7 cm³/mol. The van der Waals surface area contributed by atoms with Crippen molar-refractivity contribution in [2.24, 2.45) is 0 Å². The van der Waals surface area contributed by atoms with Gasteiger partial charge in [0.05, 0.1) is 11.1 Å². The van der Waals surface area contributed by atoms with Crippen molar-refractivity contribution in [2.45, 2.75) is 12.5 Å². The van der Waals surface area contributed by atoms with Crippen molar-refractivity contribution in [1.82, 2.24) is 0 Å². The Morgan fingerprint density at radius 3 is 2.60 bits per heavy atom. The lowest BCUT2D eigenvalue weighted by Crippen LogP contribution is -2.08. The summed E-state index contributed by atoms with van der Waals surface area (Å²) in [6, 6.07) is 14.0. The van der Waals surface area contributed by atoms with Crippen molar-refractivity contribution in [1.29, 1.82) is 0 Å². The summed E-state index contributed by atoms with van der Waals surface area (Å²) in [6.45, 7) is 0. The zero-order valence-electron chi connectivity index (χ0n) is 10.6. The largest absolute Gasteiger partial charge is 0.478 e. The van der Waals surface area contributed by atoms with Gasteiger partial charge in [-0.25, -0.2) is 9.59 Å². The monoisotopic (exact) mass is 268 g/mol. The Bertz CT molecular complexity index is 690. The highest BCUT2D eigenvalue weighted by atomic mass is 16.5. The van der Waals surface area contributed by atoms with Crippen LogP contribution in [0.5, 0.6) is 0 Å². The summed E-state index contributed by atoms with van der Waals surface area (Å²) in [5, 5.41) is 9.18. The van der Waals surface area contributed by atoms with Crippen LogP contribution in [0.15, 0.2) is 48.5 Å². The van der Waals surface area contributed by atoms with Gasteiger partial charge in [0, 0.05) is 12.0 Å². The highest BCUT2D eigenvalue weighted by Crippen LogP contribution is 2.33. The smallest absolute Gasteiger partial charge is 0.339 e. The standard InChI is InChI=1S/C16H12O4/c17-15(18)11-6-2-1-5-10(11)9-14-12-7-3-4-8-13(12)16(19)20-14/h1-8,14H,9H2,(H,17,18)/t14-/m1/s1. The van der Waals surface area contributed by atoms with E-state index in [2.05, 4.69) is 0 Å². The minimum atomic E-state index is -0.974. The maximum atomic E-state index is 11.7. The van der Waals surface area contributed by atoms with Gasteiger partial charge in [-0.15, -0.1) is 0 Å². The molecule has 2 aromatic rings. The first kappa shape index (κ1) is 12.4. The number of cyclic esters (lactones) is 1. The molecule has 0 saturated heterocycles. The average molecular weight is 268 g/mol. The van der Waals surface area contributed by atoms with Gasteiger partial charge in [0.1, 0.15) is 6.10 Å². The number of carbonyl (C=O) groups is 2. The number of ether oxygens (including phenoxy) is 1. The van der Waals surface area contributed by atoms with E-state index in [1.807, 2.05) is 12.1 Å². The van der Waals surface area contributed by atoms with Crippen LogP contribution in [0.3, 0.4) is 0 Å². The lowest BCUT2D eigenvalue weighted by Gasteiger charge is -2.12. The van der Waals surface area contributed by atoms with Gasteiger partial charge in [-0.3, -0.25) is 0 Å². The molecule has 2 aromatic carbocycles. The van der Waals surface area contributed by atoms with Gasteiger partial charge < -0.3 is 9.84 Å². The minimum absolute atomic E-state index is 0.243. The fourth-order valence-corrected chi connectivity index (χ4v) is 2.48. The highest BCUT2D eigenvalue weighted by molar-refractivity contribution is 5.94. The number of fused-ring (bicyclic) bond motifs is 1. The van der Waals surface area contributed by atoms with Crippen molar-refractivity contribution < 1.29 is 19.4 Å². The molecule has 4 heteroatoms. The Hall–Kier alpha value is -2.62. The molecule has 0 aromatic heterocycles. The van der Waals surface area contributed by atoms with Gasteiger partial charge in [0.15, 0.2) is 0 Å². The molecule has 1 aliphatic heterocycles. The van der Waals surface area contributed by atoms with Crippen LogP contribution in [0.4, 0.5) is 0 Å². The Labute approximate surface area is 115 Å². The molecule has 0 amide bonds. The first-order valence-electron chi connectivity index (χ1n) is 6.28. The van der Waals surface area contributed by atoms with Crippen molar-refractivity contribution in [3.05, 3.63) is 70.8 Å². The lowest BCUT2D eigenvalue weighted by atomic mass is 9.96. The Morgan fingerprint density at radius 1 is 1.10 bits per heavy atom. The van der Waals surface area contributed by atoms with Crippen molar-refractivity contribution in [3.8, 4) is 0 Å². The van der Waals surface area contributed by atoms with Crippen LogP contribution in [0, 0.1) is 0 Å². The first-order valence-corrected chi connectivity index (χ1v) is 6.28. The number of hydrogen-bond acceptors (Lipinski definition) is 3. The normalized spacial score (nSPS) is 16.6. The molecule has 20 heavy (non-hydrogen) atoms. The molecule has 0 spiro atoms. The summed E-state index contributed by atoms with van der Waals surface area (Å²) in [4.78, 5) is 22.9. The van der Waals surface area contributed by atoms with E-state index >= 15 is 0 Å². The third-order valence-corrected chi connectivity index (χ3v) is 3.43. The second-order valence-electron chi connectivity index (χ2n) is 4.65. The molecule has 1 atom stereocenters. The van der Waals surface area contributed by atoms with E-state index in [1.54, 1.807) is 36.4 Å².